The van der Waals surface area contributed by atoms with Crippen LogP contribution in [0.5, 0.6) is 0 Å². The van der Waals surface area contributed by atoms with Gasteiger partial charge in [0.15, 0.2) is 24.4 Å². The second-order valence-corrected chi connectivity index (χ2v) is 10.5. The molecule has 13 N–H and O–H groups in total. The molecule has 2 aliphatic carbocycles. The van der Waals surface area contributed by atoms with Crippen LogP contribution in [0, 0.1) is 0 Å². The number of carboxylic acids is 2. The van der Waals surface area contributed by atoms with Crippen LogP contribution in [0.2, 0.25) is 0 Å². The molecule has 8 atom stereocenters. The Morgan fingerprint density at radius 2 is 1.09 bits per heavy atom. The van der Waals surface area contributed by atoms with E-state index in [4.69, 9.17) is 30.6 Å². The summed E-state index contributed by atoms with van der Waals surface area (Å²) in [5.74, 6) is 2.74. The Morgan fingerprint density at radius 3 is 1.49 bits per heavy atom. The Bertz CT molecular complexity index is 1270. The van der Waals surface area contributed by atoms with Gasteiger partial charge in [-0.15, -0.1) is 0 Å². The number of hydrogen-bond acceptors (Lipinski definition) is 15. The van der Waals surface area contributed by atoms with Crippen molar-refractivity contribution in [1.29, 1.82) is 0 Å². The summed E-state index contributed by atoms with van der Waals surface area (Å²) in [5, 5.41) is 72.5. The second kappa shape index (κ2) is 20.3. The van der Waals surface area contributed by atoms with Crippen molar-refractivity contribution in [2.75, 3.05) is 7.05 Å². The first-order valence-electron chi connectivity index (χ1n) is 14.3. The van der Waals surface area contributed by atoms with Crippen LogP contribution in [-0.2, 0) is 41.7 Å². The van der Waals surface area contributed by atoms with E-state index in [-0.39, 0.29) is 18.2 Å². The molecule has 2 aromatic carbocycles. The Labute approximate surface area is 269 Å². The summed E-state index contributed by atoms with van der Waals surface area (Å²) >= 11 is 0. The van der Waals surface area contributed by atoms with Gasteiger partial charge >= 0.3 is 23.9 Å². The number of nitrogens with two attached hydrogens (primary N) is 2. The topological polar surface area (TPSA) is 313 Å². The number of carboxylic acid groups (broad SMARTS) is 2. The van der Waals surface area contributed by atoms with E-state index in [0.29, 0.717) is 5.92 Å². The lowest BCUT2D eigenvalue weighted by molar-refractivity contribution is -0.173. The third kappa shape index (κ3) is 12.2. The lowest BCUT2D eigenvalue weighted by atomic mass is 9.82. The number of aliphatic hydroxyl groups is 6. The fraction of sp³-hybridized carbons (Fsp3) is 0.467. The predicted molar refractivity (Wildman–Crippen MR) is 162 cm³/mol. The highest BCUT2D eigenvalue weighted by Crippen LogP contribution is 2.31. The van der Waals surface area contributed by atoms with Gasteiger partial charge in [-0.25, -0.2) is 19.2 Å². The zero-order valence-corrected chi connectivity index (χ0v) is 25.7. The monoisotopic (exact) mass is 669 g/mol. The molecule has 17 heteroatoms. The minimum Gasteiger partial charge on any atom is -0.479 e. The number of nitrogens with one attached hydrogen (secondary N) is 1. The van der Waals surface area contributed by atoms with Gasteiger partial charge in [0.2, 0.25) is 0 Å². The minimum atomic E-state index is -2.27. The highest BCUT2D eigenvalue weighted by molar-refractivity contribution is 5.85. The first-order chi connectivity index (χ1) is 22.1. The van der Waals surface area contributed by atoms with Crippen LogP contribution in [0.1, 0.15) is 54.0 Å². The van der Waals surface area contributed by atoms with Gasteiger partial charge in [0.05, 0.1) is 18.2 Å². The van der Waals surface area contributed by atoms with Crippen LogP contribution in [0.15, 0.2) is 48.5 Å². The fourth-order valence-electron chi connectivity index (χ4n) is 4.72. The highest BCUT2D eigenvalue weighted by atomic mass is 16.7. The molecule has 47 heavy (non-hydrogen) atoms. The standard InChI is InChI=1S/C11H15NO.C11H14O.C4H8N2O6.C4H6O6/c1-12-11-9-5-3-2-4-8(9)6-7-10(11)13;1-8-10-5-3-2-4-9(10)6-7-11(8)12;5-11-3(9)1(7)2(8)4(10)12-6;5-1(3(7)8)2(6)4(9)10/h2-5,10-13H,6-7H2,1H3;2-5,8,11-12H,6-7H2,1H3;1-2,7-8H,5-6H2;1-2,5-6H,(H,7,8)(H,9,10)/t10-,11-;8-,11-;2*1-,2-/m1111/s1. The van der Waals surface area contributed by atoms with Crippen LogP contribution in [0.4, 0.5) is 0 Å². The van der Waals surface area contributed by atoms with E-state index in [1.54, 1.807) is 0 Å². The van der Waals surface area contributed by atoms with Gasteiger partial charge in [-0.1, -0.05) is 55.5 Å². The summed E-state index contributed by atoms with van der Waals surface area (Å²) in [6.45, 7) is 2.10. The van der Waals surface area contributed by atoms with Crippen LogP contribution >= 0.6 is 0 Å². The minimum absolute atomic E-state index is 0.116. The number of aliphatic hydroxyl groups excluding tert-OH is 6. The molecular weight excluding hydrogens is 626 g/mol. The zero-order chi connectivity index (χ0) is 35.8. The van der Waals surface area contributed by atoms with Crippen LogP contribution in [0.3, 0.4) is 0 Å². The molecular formula is C30H43N3O14. The number of carbonyl (C=O) groups excluding carboxylic acids is 2. The molecule has 0 amide bonds. The number of carbonyl (C=O) groups is 4. The molecule has 2 aliphatic rings. The van der Waals surface area contributed by atoms with Crippen LogP contribution < -0.4 is 17.1 Å². The third-order valence-corrected chi connectivity index (χ3v) is 7.45. The van der Waals surface area contributed by atoms with E-state index in [1.165, 1.54) is 22.3 Å². The number of aliphatic carboxylic acids is 2. The fourth-order valence-corrected chi connectivity index (χ4v) is 4.72. The molecule has 0 bridgehead atoms. The Balaban J connectivity index is 0.000000315. The summed E-state index contributed by atoms with van der Waals surface area (Å²) in [4.78, 5) is 47.3. The normalized spacial score (nSPS) is 21.7. The maximum Gasteiger partial charge on any atom is 0.356 e. The van der Waals surface area contributed by atoms with E-state index in [1.807, 2.05) is 19.2 Å². The molecule has 0 fully saturated rings. The van der Waals surface area contributed by atoms with Crippen molar-refractivity contribution < 1.29 is 69.7 Å². The largest absolute Gasteiger partial charge is 0.479 e. The smallest absolute Gasteiger partial charge is 0.356 e. The number of fused-ring (bicyclic) bond motifs is 2. The number of likely N-dealkylation sites (N-methyl/N-ethyl adjacent to an activating group) is 1. The van der Waals surface area contributed by atoms with Crippen molar-refractivity contribution in [2.24, 2.45) is 11.8 Å². The SMILES string of the molecule is CN[C@@H]1c2ccccc2CC[C@H]1O.C[C@@H]1c2ccccc2CC[C@H]1O.NOC(=O)[C@H](O)[C@@H](O)C(=O)ON.O=C(O)[C@H](O)[C@@H](O)C(=O)O. The molecule has 0 spiro atoms. The molecule has 0 heterocycles. The molecule has 262 valence electrons. The van der Waals surface area contributed by atoms with Crippen molar-refractivity contribution in [1.82, 2.24) is 5.32 Å². The molecule has 0 aromatic heterocycles. The molecule has 0 saturated carbocycles. The van der Waals surface area contributed by atoms with Gasteiger partial charge in [-0.3, -0.25) is 0 Å². The number of rotatable bonds is 7. The lowest BCUT2D eigenvalue weighted by Gasteiger charge is -2.29. The molecule has 17 nitrogen and oxygen atoms in total. The van der Waals surface area contributed by atoms with Crippen molar-refractivity contribution in [2.45, 2.75) is 81.2 Å². The maximum absolute atomic E-state index is 10.4. The van der Waals surface area contributed by atoms with Crippen molar-refractivity contribution in [3.63, 3.8) is 0 Å². The number of benzene rings is 2. The summed E-state index contributed by atoms with van der Waals surface area (Å²) in [7, 11) is 1.90. The maximum atomic E-state index is 10.4. The van der Waals surface area contributed by atoms with E-state index >= 15 is 0 Å². The van der Waals surface area contributed by atoms with Gasteiger partial charge in [-0.2, -0.15) is 11.8 Å². The Hall–Kier alpha value is -4.04. The predicted octanol–water partition coefficient (Wildman–Crippen LogP) is -2.23. The summed E-state index contributed by atoms with van der Waals surface area (Å²) in [5.41, 5.74) is 5.36. The van der Waals surface area contributed by atoms with E-state index in [0.717, 1.165) is 25.7 Å². The first kappa shape index (κ1) is 41.0. The first-order valence-corrected chi connectivity index (χ1v) is 14.3. The summed E-state index contributed by atoms with van der Waals surface area (Å²) < 4.78 is 0. The number of hydrogen-bond donors (Lipinski definition) is 11. The van der Waals surface area contributed by atoms with Gasteiger partial charge in [-0.05, 0) is 55.0 Å². The van der Waals surface area contributed by atoms with E-state index in [2.05, 4.69) is 70.1 Å². The van der Waals surface area contributed by atoms with Crippen LogP contribution in [-0.4, -0.2) is 108 Å². The average molecular weight is 670 g/mol. The highest BCUT2D eigenvalue weighted by Gasteiger charge is 2.33. The quantitative estimate of drug-likeness (QED) is 0.139. The lowest BCUT2D eigenvalue weighted by Crippen LogP contribution is -2.43. The van der Waals surface area contributed by atoms with Gasteiger partial charge in [0, 0.05) is 5.92 Å². The van der Waals surface area contributed by atoms with Gasteiger partial charge < -0.3 is 55.8 Å². The van der Waals surface area contributed by atoms with E-state index < -0.39 is 48.3 Å². The summed E-state index contributed by atoms with van der Waals surface area (Å²) in [6, 6.07) is 16.9. The molecule has 4 rings (SSSR count). The molecule has 2 aromatic rings. The van der Waals surface area contributed by atoms with Crippen LogP contribution in [0.25, 0.3) is 0 Å². The zero-order valence-electron chi connectivity index (χ0n) is 25.7. The average Bonchev–Trinajstić information content (AvgIpc) is 3.08. The van der Waals surface area contributed by atoms with Gasteiger partial charge in [0.1, 0.15) is 0 Å². The second-order valence-electron chi connectivity index (χ2n) is 10.5. The van der Waals surface area contributed by atoms with Gasteiger partial charge in [0.25, 0.3) is 0 Å². The van der Waals surface area contributed by atoms with Crippen molar-refractivity contribution >= 4 is 23.9 Å². The van der Waals surface area contributed by atoms with E-state index in [9.17, 15) is 29.4 Å². The van der Waals surface area contributed by atoms with Crippen molar-refractivity contribution in [3.05, 3.63) is 70.8 Å². The molecule has 0 unspecified atom stereocenters. The Kier molecular flexibility index (Phi) is 17.7. The third-order valence-electron chi connectivity index (χ3n) is 7.45. The Morgan fingerprint density at radius 1 is 0.702 bits per heavy atom. The summed E-state index contributed by atoms with van der Waals surface area (Å²) in [6.07, 6.45) is -5.32. The number of aryl methyl sites for hydroxylation is 2. The molecule has 0 saturated heterocycles. The molecule has 0 aliphatic heterocycles. The van der Waals surface area contributed by atoms with Crippen molar-refractivity contribution in [3.8, 4) is 0 Å². The molecule has 0 radical (unpaired) electrons.